The highest BCUT2D eigenvalue weighted by molar-refractivity contribution is 6.33. The van der Waals surface area contributed by atoms with Crippen LogP contribution in [0.4, 0.5) is 0 Å². The van der Waals surface area contributed by atoms with Crippen LogP contribution in [0, 0.1) is 0 Å². The molecule has 94 valence electrons. The van der Waals surface area contributed by atoms with Crippen molar-refractivity contribution < 1.29 is 5.11 Å². The second-order valence-corrected chi connectivity index (χ2v) is 4.51. The van der Waals surface area contributed by atoms with Gasteiger partial charge < -0.3 is 10.1 Å². The molecule has 0 atom stereocenters. The van der Waals surface area contributed by atoms with Gasteiger partial charge in [0.1, 0.15) is 11.3 Å². The van der Waals surface area contributed by atoms with E-state index in [1.807, 2.05) is 18.2 Å². The van der Waals surface area contributed by atoms with E-state index in [0.29, 0.717) is 16.0 Å². The number of phenols is 1. The Morgan fingerprint density at radius 2 is 2.00 bits per heavy atom. The molecular weight excluding hydrogens is 264 g/mol. The van der Waals surface area contributed by atoms with E-state index in [9.17, 15) is 9.90 Å². The molecule has 0 bridgehead atoms. The smallest absolute Gasteiger partial charge is 0.258 e. The normalized spacial score (nSPS) is 10.8. The van der Waals surface area contributed by atoms with Crippen LogP contribution in [0.3, 0.4) is 0 Å². The highest BCUT2D eigenvalue weighted by Gasteiger charge is 2.10. The van der Waals surface area contributed by atoms with Crippen molar-refractivity contribution >= 4 is 22.5 Å². The molecule has 3 rings (SSSR count). The lowest BCUT2D eigenvalue weighted by atomic mass is 10.0. The second kappa shape index (κ2) is 4.40. The second-order valence-electron chi connectivity index (χ2n) is 4.10. The summed E-state index contributed by atoms with van der Waals surface area (Å²) in [5, 5.41) is 10.9. The Hall–Kier alpha value is -2.33. The number of phenolic OH excluding ortho intramolecular Hbond substituents is 1. The molecule has 0 aliphatic rings. The molecule has 0 unspecified atom stereocenters. The minimum Gasteiger partial charge on any atom is -0.506 e. The van der Waals surface area contributed by atoms with Crippen LogP contribution >= 0.6 is 11.6 Å². The van der Waals surface area contributed by atoms with Crippen LogP contribution in [0.2, 0.25) is 5.02 Å². The first-order chi connectivity index (χ1) is 9.16. The SMILES string of the molecule is O=c1[nH]cnc2c(O)cc(-c3ccccc3Cl)cc12. The third-order valence-electron chi connectivity index (χ3n) is 2.91. The monoisotopic (exact) mass is 272 g/mol. The molecule has 0 aliphatic heterocycles. The zero-order chi connectivity index (χ0) is 13.4. The molecule has 0 amide bonds. The minimum absolute atomic E-state index is 0.0430. The summed E-state index contributed by atoms with van der Waals surface area (Å²) >= 11 is 6.12. The minimum atomic E-state index is -0.297. The molecule has 19 heavy (non-hydrogen) atoms. The largest absolute Gasteiger partial charge is 0.506 e. The summed E-state index contributed by atoms with van der Waals surface area (Å²) in [5.41, 5.74) is 1.41. The molecule has 0 saturated heterocycles. The first-order valence-corrected chi connectivity index (χ1v) is 6.00. The van der Waals surface area contributed by atoms with Crippen LogP contribution in [-0.2, 0) is 0 Å². The van der Waals surface area contributed by atoms with Crippen LogP contribution in [0.1, 0.15) is 0 Å². The first-order valence-electron chi connectivity index (χ1n) is 5.62. The molecule has 3 aromatic rings. The number of aromatic amines is 1. The van der Waals surface area contributed by atoms with Crippen LogP contribution < -0.4 is 5.56 Å². The molecular formula is C14H9ClN2O2. The molecule has 0 saturated carbocycles. The van der Waals surface area contributed by atoms with E-state index in [4.69, 9.17) is 11.6 Å². The number of fused-ring (bicyclic) bond motifs is 1. The van der Waals surface area contributed by atoms with Crippen molar-refractivity contribution in [3.63, 3.8) is 0 Å². The Kier molecular flexibility index (Phi) is 2.72. The summed E-state index contributed by atoms with van der Waals surface area (Å²) in [4.78, 5) is 18.2. The summed E-state index contributed by atoms with van der Waals surface area (Å²) in [6.45, 7) is 0. The van der Waals surface area contributed by atoms with Gasteiger partial charge in [-0.2, -0.15) is 0 Å². The molecule has 5 heteroatoms. The summed E-state index contributed by atoms with van der Waals surface area (Å²) < 4.78 is 0. The number of H-pyrrole nitrogens is 1. The molecule has 0 fully saturated rings. The van der Waals surface area contributed by atoms with Crippen LogP contribution in [-0.4, -0.2) is 15.1 Å². The quantitative estimate of drug-likeness (QED) is 0.716. The fraction of sp³-hybridized carbons (Fsp3) is 0. The molecule has 2 N–H and O–H groups in total. The van der Waals surface area contributed by atoms with Gasteiger partial charge in [-0.25, -0.2) is 4.98 Å². The number of benzene rings is 2. The fourth-order valence-electron chi connectivity index (χ4n) is 2.01. The summed E-state index contributed by atoms with van der Waals surface area (Å²) in [6.07, 6.45) is 1.26. The number of nitrogens with one attached hydrogen (secondary N) is 1. The Labute approximate surface area is 113 Å². The van der Waals surface area contributed by atoms with Gasteiger partial charge >= 0.3 is 0 Å². The summed E-state index contributed by atoms with van der Waals surface area (Å²) in [7, 11) is 0. The van der Waals surface area contributed by atoms with Crippen molar-refractivity contribution in [2.45, 2.75) is 0 Å². The number of nitrogens with zero attached hydrogens (tertiary/aromatic N) is 1. The number of halogens is 1. The molecule has 0 radical (unpaired) electrons. The van der Waals surface area contributed by atoms with Crippen LogP contribution in [0.15, 0.2) is 47.5 Å². The van der Waals surface area contributed by atoms with Crippen molar-refractivity contribution in [1.29, 1.82) is 0 Å². The third kappa shape index (κ3) is 1.96. The topological polar surface area (TPSA) is 66.0 Å². The first kappa shape index (κ1) is 11.7. The average Bonchev–Trinajstić information content (AvgIpc) is 2.40. The number of rotatable bonds is 1. The van der Waals surface area contributed by atoms with E-state index in [2.05, 4.69) is 9.97 Å². The van der Waals surface area contributed by atoms with Gasteiger partial charge in [-0.15, -0.1) is 0 Å². The summed E-state index contributed by atoms with van der Waals surface area (Å²) in [5.74, 6) is -0.0430. The lowest BCUT2D eigenvalue weighted by Gasteiger charge is -2.07. The maximum absolute atomic E-state index is 11.8. The van der Waals surface area contributed by atoms with Gasteiger partial charge in [-0.1, -0.05) is 29.8 Å². The average molecular weight is 273 g/mol. The fourth-order valence-corrected chi connectivity index (χ4v) is 2.26. The molecule has 1 aromatic heterocycles. The van der Waals surface area contributed by atoms with E-state index in [1.54, 1.807) is 18.2 Å². The molecule has 2 aromatic carbocycles. The number of hydrogen-bond donors (Lipinski definition) is 2. The molecule has 0 spiro atoms. The van der Waals surface area contributed by atoms with E-state index >= 15 is 0 Å². The Morgan fingerprint density at radius 3 is 2.79 bits per heavy atom. The maximum atomic E-state index is 11.8. The van der Waals surface area contributed by atoms with Gasteiger partial charge in [0.05, 0.1) is 11.7 Å². The maximum Gasteiger partial charge on any atom is 0.258 e. The molecule has 1 heterocycles. The van der Waals surface area contributed by atoms with E-state index < -0.39 is 0 Å². The Morgan fingerprint density at radius 1 is 1.21 bits per heavy atom. The third-order valence-corrected chi connectivity index (χ3v) is 3.24. The highest BCUT2D eigenvalue weighted by Crippen LogP contribution is 2.32. The van der Waals surface area contributed by atoms with Crippen molar-refractivity contribution in [3.8, 4) is 16.9 Å². The zero-order valence-corrected chi connectivity index (χ0v) is 10.5. The van der Waals surface area contributed by atoms with Crippen molar-refractivity contribution in [3.05, 3.63) is 58.1 Å². The standard InChI is InChI=1S/C14H9ClN2O2/c15-11-4-2-1-3-9(11)8-5-10-13(12(18)6-8)16-7-17-14(10)19/h1-7,18H,(H,16,17,19). The van der Waals surface area contributed by atoms with Gasteiger partial charge in [0.2, 0.25) is 0 Å². The van der Waals surface area contributed by atoms with Gasteiger partial charge in [-0.05, 0) is 23.8 Å². The van der Waals surface area contributed by atoms with Gasteiger partial charge in [0.15, 0.2) is 0 Å². The van der Waals surface area contributed by atoms with Crippen molar-refractivity contribution in [2.24, 2.45) is 0 Å². The van der Waals surface area contributed by atoms with E-state index in [0.717, 1.165) is 5.56 Å². The number of aromatic nitrogens is 2. The van der Waals surface area contributed by atoms with E-state index in [-0.39, 0.29) is 16.8 Å². The van der Waals surface area contributed by atoms with Crippen LogP contribution in [0.5, 0.6) is 5.75 Å². The Balaban J connectivity index is 2.36. The van der Waals surface area contributed by atoms with Gasteiger partial charge in [0.25, 0.3) is 5.56 Å². The number of aromatic hydroxyl groups is 1. The lowest BCUT2D eigenvalue weighted by Crippen LogP contribution is -2.06. The van der Waals surface area contributed by atoms with Gasteiger partial charge in [0, 0.05) is 10.6 Å². The highest BCUT2D eigenvalue weighted by atomic mass is 35.5. The predicted molar refractivity (Wildman–Crippen MR) is 74.5 cm³/mol. The summed E-state index contributed by atoms with van der Waals surface area (Å²) in [6, 6.07) is 10.5. The number of hydrogen-bond acceptors (Lipinski definition) is 3. The zero-order valence-electron chi connectivity index (χ0n) is 9.72. The predicted octanol–water partition coefficient (Wildman–Crippen LogP) is 2.95. The Bertz CT molecular complexity index is 827. The molecule has 0 aliphatic carbocycles. The molecule has 4 nitrogen and oxygen atoms in total. The van der Waals surface area contributed by atoms with E-state index in [1.165, 1.54) is 6.33 Å². The van der Waals surface area contributed by atoms with Gasteiger partial charge in [-0.3, -0.25) is 4.79 Å². The van der Waals surface area contributed by atoms with Crippen molar-refractivity contribution in [1.82, 2.24) is 9.97 Å². The van der Waals surface area contributed by atoms with Crippen LogP contribution in [0.25, 0.3) is 22.0 Å². The van der Waals surface area contributed by atoms with Crippen molar-refractivity contribution in [2.75, 3.05) is 0 Å². The lowest BCUT2D eigenvalue weighted by molar-refractivity contribution is 0.480.